The Bertz CT molecular complexity index is 607. The highest BCUT2D eigenvalue weighted by atomic mass is 16.5. The Labute approximate surface area is 125 Å². The summed E-state index contributed by atoms with van der Waals surface area (Å²) in [6, 6.07) is 8.28. The van der Waals surface area contributed by atoms with E-state index in [1.807, 2.05) is 6.92 Å². The van der Waals surface area contributed by atoms with Crippen LogP contribution in [-0.2, 0) is 0 Å². The molecule has 0 aliphatic heterocycles. The van der Waals surface area contributed by atoms with Gasteiger partial charge in [0.25, 0.3) is 5.91 Å². The van der Waals surface area contributed by atoms with Crippen LogP contribution < -0.4 is 5.32 Å². The van der Waals surface area contributed by atoms with Crippen molar-refractivity contribution >= 4 is 5.91 Å². The minimum Gasteiger partial charge on any atom is -0.361 e. The standard InChI is InChI=1S/C17H22N2O2/c1-10(2)14-6-8-15(9-7-14)11(3)18-17(20)16-12(4)19-21-13(16)5/h6-11H,1-5H3,(H,18,20)/t11-/m0/s1. The summed E-state index contributed by atoms with van der Waals surface area (Å²) in [5, 5.41) is 6.80. The molecule has 0 unspecified atom stereocenters. The molecule has 0 spiro atoms. The summed E-state index contributed by atoms with van der Waals surface area (Å²) in [4.78, 5) is 12.3. The lowest BCUT2D eigenvalue weighted by atomic mass is 9.99. The lowest BCUT2D eigenvalue weighted by molar-refractivity contribution is 0.0938. The number of amides is 1. The Morgan fingerprint density at radius 1 is 1.10 bits per heavy atom. The number of aryl methyl sites for hydroxylation is 2. The highest BCUT2D eigenvalue weighted by Gasteiger charge is 2.19. The fourth-order valence-corrected chi connectivity index (χ4v) is 2.33. The number of rotatable bonds is 4. The van der Waals surface area contributed by atoms with Gasteiger partial charge in [0.15, 0.2) is 0 Å². The molecule has 1 atom stereocenters. The van der Waals surface area contributed by atoms with Crippen LogP contribution in [0.2, 0.25) is 0 Å². The van der Waals surface area contributed by atoms with E-state index in [2.05, 4.69) is 48.6 Å². The van der Waals surface area contributed by atoms with Gasteiger partial charge in [-0.15, -0.1) is 0 Å². The van der Waals surface area contributed by atoms with Gasteiger partial charge in [-0.1, -0.05) is 43.3 Å². The van der Waals surface area contributed by atoms with Gasteiger partial charge >= 0.3 is 0 Å². The second-order valence-electron chi connectivity index (χ2n) is 5.72. The summed E-state index contributed by atoms with van der Waals surface area (Å²) in [6.07, 6.45) is 0. The molecule has 1 aromatic heterocycles. The number of hydrogen-bond acceptors (Lipinski definition) is 3. The van der Waals surface area contributed by atoms with Gasteiger partial charge in [0.2, 0.25) is 0 Å². The fourth-order valence-electron chi connectivity index (χ4n) is 2.33. The first-order chi connectivity index (χ1) is 9.90. The van der Waals surface area contributed by atoms with Crippen LogP contribution in [0.25, 0.3) is 0 Å². The lowest BCUT2D eigenvalue weighted by Gasteiger charge is -2.15. The van der Waals surface area contributed by atoms with Crippen LogP contribution in [0.4, 0.5) is 0 Å². The first-order valence-electron chi connectivity index (χ1n) is 7.23. The first kappa shape index (κ1) is 15.3. The van der Waals surface area contributed by atoms with Crippen molar-refractivity contribution in [2.24, 2.45) is 0 Å². The average Bonchev–Trinajstić information content (AvgIpc) is 2.78. The Morgan fingerprint density at radius 3 is 2.14 bits per heavy atom. The van der Waals surface area contributed by atoms with Gasteiger partial charge in [0, 0.05) is 0 Å². The summed E-state index contributed by atoms with van der Waals surface area (Å²) >= 11 is 0. The van der Waals surface area contributed by atoms with E-state index < -0.39 is 0 Å². The molecule has 4 nitrogen and oxygen atoms in total. The highest BCUT2D eigenvalue weighted by molar-refractivity contribution is 5.96. The molecule has 1 aromatic carbocycles. The van der Waals surface area contributed by atoms with Gasteiger partial charge < -0.3 is 9.84 Å². The monoisotopic (exact) mass is 286 g/mol. The molecule has 21 heavy (non-hydrogen) atoms. The topological polar surface area (TPSA) is 55.1 Å². The van der Waals surface area contributed by atoms with Gasteiger partial charge in [-0.25, -0.2) is 0 Å². The summed E-state index contributed by atoms with van der Waals surface area (Å²) in [5.41, 5.74) is 3.52. The molecule has 0 fully saturated rings. The van der Waals surface area contributed by atoms with Crippen LogP contribution in [0.5, 0.6) is 0 Å². The third kappa shape index (κ3) is 3.32. The minimum absolute atomic E-state index is 0.0626. The SMILES string of the molecule is Cc1noc(C)c1C(=O)N[C@@H](C)c1ccc(C(C)C)cc1. The van der Waals surface area contributed by atoms with Gasteiger partial charge in [-0.3, -0.25) is 4.79 Å². The minimum atomic E-state index is -0.147. The Kier molecular flexibility index (Phi) is 4.46. The van der Waals surface area contributed by atoms with Gasteiger partial charge in [-0.05, 0) is 37.8 Å². The zero-order chi connectivity index (χ0) is 15.6. The largest absolute Gasteiger partial charge is 0.361 e. The second kappa shape index (κ2) is 6.12. The predicted molar refractivity (Wildman–Crippen MR) is 82.4 cm³/mol. The second-order valence-corrected chi connectivity index (χ2v) is 5.72. The highest BCUT2D eigenvalue weighted by Crippen LogP contribution is 2.20. The van der Waals surface area contributed by atoms with E-state index in [0.29, 0.717) is 22.9 Å². The maximum Gasteiger partial charge on any atom is 0.257 e. The van der Waals surface area contributed by atoms with Gasteiger partial charge in [0.05, 0.1) is 11.7 Å². The maximum absolute atomic E-state index is 12.3. The quantitative estimate of drug-likeness (QED) is 0.927. The number of carbonyl (C=O) groups is 1. The molecule has 0 bridgehead atoms. The smallest absolute Gasteiger partial charge is 0.257 e. The number of nitrogens with zero attached hydrogens (tertiary/aromatic N) is 1. The Hall–Kier alpha value is -2.10. The fraction of sp³-hybridized carbons (Fsp3) is 0.412. The van der Waals surface area contributed by atoms with E-state index in [1.54, 1.807) is 13.8 Å². The normalized spacial score (nSPS) is 12.5. The van der Waals surface area contributed by atoms with E-state index in [9.17, 15) is 4.79 Å². The molecule has 0 saturated heterocycles. The van der Waals surface area contributed by atoms with Crippen molar-refractivity contribution in [1.29, 1.82) is 0 Å². The molecular formula is C17H22N2O2. The van der Waals surface area contributed by atoms with Crippen molar-refractivity contribution in [3.05, 3.63) is 52.4 Å². The summed E-state index contributed by atoms with van der Waals surface area (Å²) < 4.78 is 5.03. The van der Waals surface area contributed by atoms with Crippen LogP contribution in [0.15, 0.2) is 28.8 Å². The van der Waals surface area contributed by atoms with Crippen LogP contribution >= 0.6 is 0 Å². The number of carbonyl (C=O) groups excluding carboxylic acids is 1. The molecule has 2 rings (SSSR count). The molecule has 4 heteroatoms. The molecule has 1 N–H and O–H groups in total. The molecule has 112 valence electrons. The maximum atomic E-state index is 12.3. The van der Waals surface area contributed by atoms with Crippen LogP contribution in [0.1, 0.15) is 65.7 Å². The number of hydrogen-bond donors (Lipinski definition) is 1. The summed E-state index contributed by atoms with van der Waals surface area (Å²) in [6.45, 7) is 9.82. The van der Waals surface area contributed by atoms with E-state index in [1.165, 1.54) is 5.56 Å². The van der Waals surface area contributed by atoms with E-state index in [4.69, 9.17) is 4.52 Å². The zero-order valence-corrected chi connectivity index (χ0v) is 13.2. The van der Waals surface area contributed by atoms with Crippen LogP contribution in [-0.4, -0.2) is 11.1 Å². The third-order valence-corrected chi connectivity index (χ3v) is 3.71. The molecule has 0 aliphatic rings. The first-order valence-corrected chi connectivity index (χ1v) is 7.23. The van der Waals surface area contributed by atoms with Crippen molar-refractivity contribution in [2.75, 3.05) is 0 Å². The van der Waals surface area contributed by atoms with Crippen molar-refractivity contribution in [3.63, 3.8) is 0 Å². The average molecular weight is 286 g/mol. The van der Waals surface area contributed by atoms with Crippen LogP contribution in [0, 0.1) is 13.8 Å². The molecule has 2 aromatic rings. The van der Waals surface area contributed by atoms with Crippen molar-refractivity contribution in [2.45, 2.75) is 46.6 Å². The summed E-state index contributed by atoms with van der Waals surface area (Å²) in [5.74, 6) is 0.908. The van der Waals surface area contributed by atoms with Gasteiger partial charge in [-0.2, -0.15) is 0 Å². The zero-order valence-electron chi connectivity index (χ0n) is 13.2. The number of nitrogens with one attached hydrogen (secondary N) is 1. The molecule has 0 saturated carbocycles. The van der Waals surface area contributed by atoms with Crippen molar-refractivity contribution in [3.8, 4) is 0 Å². The van der Waals surface area contributed by atoms with E-state index in [-0.39, 0.29) is 11.9 Å². The Morgan fingerprint density at radius 2 is 1.67 bits per heavy atom. The van der Waals surface area contributed by atoms with Crippen molar-refractivity contribution in [1.82, 2.24) is 10.5 Å². The molecule has 1 heterocycles. The van der Waals surface area contributed by atoms with Crippen molar-refractivity contribution < 1.29 is 9.32 Å². The molecule has 0 aliphatic carbocycles. The van der Waals surface area contributed by atoms with E-state index in [0.717, 1.165) is 5.56 Å². The third-order valence-electron chi connectivity index (χ3n) is 3.71. The number of benzene rings is 1. The molecular weight excluding hydrogens is 264 g/mol. The van der Waals surface area contributed by atoms with Gasteiger partial charge in [0.1, 0.15) is 11.3 Å². The van der Waals surface area contributed by atoms with E-state index >= 15 is 0 Å². The van der Waals surface area contributed by atoms with Crippen LogP contribution in [0.3, 0.4) is 0 Å². The predicted octanol–water partition coefficient (Wildman–Crippen LogP) is 3.91. The molecule has 0 radical (unpaired) electrons. The molecule has 1 amide bonds. The Balaban J connectivity index is 2.11. The lowest BCUT2D eigenvalue weighted by Crippen LogP contribution is -2.27. The number of aromatic nitrogens is 1. The summed E-state index contributed by atoms with van der Waals surface area (Å²) in [7, 11) is 0.